The van der Waals surface area contributed by atoms with Crippen LogP contribution in [0.25, 0.3) is 0 Å². The highest BCUT2D eigenvalue weighted by atomic mass is 32.2. The molecule has 1 N–H and O–H groups in total. The maximum atomic E-state index is 13.0. The summed E-state index contributed by atoms with van der Waals surface area (Å²) in [4.78, 5) is 12.1. The van der Waals surface area contributed by atoms with E-state index in [-0.39, 0.29) is 17.4 Å². The predicted octanol–water partition coefficient (Wildman–Crippen LogP) is 2.80. The molecule has 1 heterocycles. The zero-order valence-corrected chi connectivity index (χ0v) is 15.5. The van der Waals surface area contributed by atoms with Gasteiger partial charge in [-0.25, -0.2) is 8.42 Å². The molecule has 0 saturated carbocycles. The van der Waals surface area contributed by atoms with Crippen molar-refractivity contribution in [1.29, 1.82) is 0 Å². The molecule has 26 heavy (non-hydrogen) atoms. The van der Waals surface area contributed by atoms with Gasteiger partial charge in [-0.3, -0.25) is 9.10 Å². The van der Waals surface area contributed by atoms with Gasteiger partial charge in [0, 0.05) is 18.8 Å². The summed E-state index contributed by atoms with van der Waals surface area (Å²) in [6.07, 6.45) is 1.57. The molecular weight excluding hydrogens is 352 g/mol. The summed E-state index contributed by atoms with van der Waals surface area (Å²) in [5.74, 6) is -0.264. The van der Waals surface area contributed by atoms with Crippen LogP contribution in [0.5, 0.6) is 0 Å². The van der Waals surface area contributed by atoms with Gasteiger partial charge in [0.15, 0.2) is 0 Å². The van der Waals surface area contributed by atoms with Crippen molar-refractivity contribution in [3.8, 4) is 0 Å². The number of hydrogen-bond donors (Lipinski definition) is 1. The molecule has 1 aliphatic rings. The third-order valence-electron chi connectivity index (χ3n) is 4.21. The highest BCUT2D eigenvalue weighted by molar-refractivity contribution is 7.92. The molecule has 138 valence electrons. The molecule has 0 atom stereocenters. The molecule has 7 heteroatoms. The van der Waals surface area contributed by atoms with Crippen molar-refractivity contribution >= 4 is 27.3 Å². The van der Waals surface area contributed by atoms with E-state index in [4.69, 9.17) is 4.74 Å². The smallest absolute Gasteiger partial charge is 0.264 e. The number of aryl methyl sites for hydroxylation is 1. The van der Waals surface area contributed by atoms with Crippen molar-refractivity contribution in [2.45, 2.75) is 24.7 Å². The normalized spacial score (nSPS) is 14.0. The number of nitrogens with one attached hydrogen (secondary N) is 1. The van der Waals surface area contributed by atoms with E-state index in [9.17, 15) is 13.2 Å². The number of ether oxygens (including phenoxy) is 1. The Morgan fingerprint density at radius 1 is 1.19 bits per heavy atom. The zero-order valence-electron chi connectivity index (χ0n) is 14.6. The number of rotatable bonds is 6. The lowest BCUT2D eigenvalue weighted by atomic mass is 10.0. The summed E-state index contributed by atoms with van der Waals surface area (Å²) in [5.41, 5.74) is 2.14. The second-order valence-corrected chi connectivity index (χ2v) is 7.88. The SMILES string of the molecule is CCOCC(=O)Nc1ccc2c(c1)N(S(=O)(=O)c1ccccc1)CCC2. The largest absolute Gasteiger partial charge is 0.372 e. The Kier molecular flexibility index (Phi) is 5.58. The van der Waals surface area contributed by atoms with Crippen molar-refractivity contribution < 1.29 is 17.9 Å². The molecule has 1 amide bonds. The van der Waals surface area contributed by atoms with Crippen molar-refractivity contribution in [3.05, 3.63) is 54.1 Å². The molecular formula is C19H22N2O4S. The first kappa shape index (κ1) is 18.4. The maximum absolute atomic E-state index is 13.0. The first-order chi connectivity index (χ1) is 12.5. The third kappa shape index (κ3) is 3.89. The molecule has 6 nitrogen and oxygen atoms in total. The first-order valence-electron chi connectivity index (χ1n) is 8.60. The Morgan fingerprint density at radius 2 is 1.96 bits per heavy atom. The minimum Gasteiger partial charge on any atom is -0.372 e. The highest BCUT2D eigenvalue weighted by Gasteiger charge is 2.29. The molecule has 2 aromatic rings. The number of carbonyl (C=O) groups excluding carboxylic acids is 1. The van der Waals surface area contributed by atoms with Crippen molar-refractivity contribution in [2.24, 2.45) is 0 Å². The number of fused-ring (bicyclic) bond motifs is 1. The molecule has 1 aliphatic heterocycles. The Balaban J connectivity index is 1.91. The van der Waals surface area contributed by atoms with Crippen LogP contribution >= 0.6 is 0 Å². The summed E-state index contributed by atoms with van der Waals surface area (Å²) in [7, 11) is -3.64. The number of benzene rings is 2. The van der Waals surface area contributed by atoms with Gasteiger partial charge in [0.25, 0.3) is 10.0 Å². The van der Waals surface area contributed by atoms with Gasteiger partial charge in [-0.2, -0.15) is 0 Å². The Morgan fingerprint density at radius 3 is 2.69 bits per heavy atom. The van der Waals surface area contributed by atoms with E-state index >= 15 is 0 Å². The fourth-order valence-electron chi connectivity index (χ4n) is 2.98. The van der Waals surface area contributed by atoms with Crippen LogP contribution in [0.3, 0.4) is 0 Å². The molecule has 0 aliphatic carbocycles. The Labute approximate surface area is 153 Å². The molecule has 3 rings (SSSR count). The molecule has 0 saturated heterocycles. The molecule has 0 spiro atoms. The number of sulfonamides is 1. The van der Waals surface area contributed by atoms with E-state index in [1.54, 1.807) is 42.5 Å². The van der Waals surface area contributed by atoms with Crippen molar-refractivity contribution in [3.63, 3.8) is 0 Å². The van der Waals surface area contributed by atoms with Crippen LogP contribution in [0, 0.1) is 0 Å². The number of hydrogen-bond acceptors (Lipinski definition) is 4. The first-order valence-corrected chi connectivity index (χ1v) is 10.0. The summed E-state index contributed by atoms with van der Waals surface area (Å²) in [6, 6.07) is 13.8. The number of anilines is 2. The van der Waals surface area contributed by atoms with Gasteiger partial charge in [-0.1, -0.05) is 24.3 Å². The van der Waals surface area contributed by atoms with Crippen molar-refractivity contribution in [2.75, 3.05) is 29.4 Å². The fraction of sp³-hybridized carbons (Fsp3) is 0.316. The minimum atomic E-state index is -3.64. The lowest BCUT2D eigenvalue weighted by Crippen LogP contribution is -2.35. The van der Waals surface area contributed by atoms with Gasteiger partial charge in [0.05, 0.1) is 10.6 Å². The van der Waals surface area contributed by atoms with Crippen LogP contribution < -0.4 is 9.62 Å². The van der Waals surface area contributed by atoms with Crippen molar-refractivity contribution in [1.82, 2.24) is 0 Å². The lowest BCUT2D eigenvalue weighted by molar-refractivity contribution is -0.120. The Hall–Kier alpha value is -2.38. The third-order valence-corrected chi connectivity index (χ3v) is 6.04. The number of amides is 1. The van der Waals surface area contributed by atoms with Crippen LogP contribution in [0.4, 0.5) is 11.4 Å². The van der Waals surface area contributed by atoms with E-state index in [2.05, 4.69) is 5.32 Å². The average molecular weight is 374 g/mol. The molecule has 0 aromatic heterocycles. The van der Waals surface area contributed by atoms with Gasteiger partial charge in [-0.05, 0) is 49.6 Å². The predicted molar refractivity (Wildman–Crippen MR) is 101 cm³/mol. The molecule has 0 unspecified atom stereocenters. The summed E-state index contributed by atoms with van der Waals surface area (Å²) >= 11 is 0. The lowest BCUT2D eigenvalue weighted by Gasteiger charge is -2.31. The molecule has 0 fully saturated rings. The Bertz CT molecular complexity index is 882. The van der Waals surface area contributed by atoms with E-state index in [0.717, 1.165) is 18.4 Å². The van der Waals surface area contributed by atoms with Gasteiger partial charge in [0.1, 0.15) is 6.61 Å². The van der Waals surface area contributed by atoms with Gasteiger partial charge in [0.2, 0.25) is 5.91 Å². The van der Waals surface area contributed by atoms with Crippen LogP contribution in [0.1, 0.15) is 18.9 Å². The zero-order chi connectivity index (χ0) is 18.6. The molecule has 0 bridgehead atoms. The van der Waals surface area contributed by atoms with Gasteiger partial charge in [-0.15, -0.1) is 0 Å². The van der Waals surface area contributed by atoms with Crippen LogP contribution in [0.2, 0.25) is 0 Å². The van der Waals surface area contributed by atoms with E-state index in [1.807, 2.05) is 13.0 Å². The minimum absolute atomic E-state index is 0.0282. The number of carbonyl (C=O) groups is 1. The van der Waals surface area contributed by atoms with E-state index in [1.165, 1.54) is 4.31 Å². The fourth-order valence-corrected chi connectivity index (χ4v) is 4.53. The van der Waals surface area contributed by atoms with E-state index in [0.29, 0.717) is 24.5 Å². The topological polar surface area (TPSA) is 75.7 Å². The van der Waals surface area contributed by atoms with Crippen LogP contribution in [-0.2, 0) is 26.0 Å². The summed E-state index contributed by atoms with van der Waals surface area (Å²) < 4.78 is 32.6. The van der Waals surface area contributed by atoms with Gasteiger partial charge < -0.3 is 10.1 Å². The second kappa shape index (κ2) is 7.88. The average Bonchev–Trinajstić information content (AvgIpc) is 2.66. The standard InChI is InChI=1S/C19H22N2O4S/c1-2-25-14-19(22)20-16-11-10-15-7-6-12-21(18(15)13-16)26(23,24)17-8-4-3-5-9-17/h3-5,8-11,13H,2,6-7,12,14H2,1H3,(H,20,22). The maximum Gasteiger partial charge on any atom is 0.264 e. The number of nitrogens with zero attached hydrogens (tertiary/aromatic N) is 1. The monoisotopic (exact) mass is 374 g/mol. The molecule has 0 radical (unpaired) electrons. The van der Waals surface area contributed by atoms with Crippen LogP contribution in [-0.4, -0.2) is 34.1 Å². The van der Waals surface area contributed by atoms with E-state index < -0.39 is 10.0 Å². The highest BCUT2D eigenvalue weighted by Crippen LogP contribution is 2.34. The van der Waals surface area contributed by atoms with Gasteiger partial charge >= 0.3 is 0 Å². The molecule has 2 aromatic carbocycles. The van der Waals surface area contributed by atoms with Crippen LogP contribution in [0.15, 0.2) is 53.4 Å². The summed E-state index contributed by atoms with van der Waals surface area (Å²) in [5, 5.41) is 2.75. The second-order valence-electron chi connectivity index (χ2n) is 6.02. The summed E-state index contributed by atoms with van der Waals surface area (Å²) in [6.45, 7) is 2.67. The quantitative estimate of drug-likeness (QED) is 0.844.